The molecule has 5 heteroatoms. The first-order chi connectivity index (χ1) is 9.10. The average molecular weight is 284 g/mol. The van der Waals surface area contributed by atoms with Crippen molar-refractivity contribution in [3.63, 3.8) is 0 Å². The van der Waals surface area contributed by atoms with E-state index < -0.39 is 0 Å². The fourth-order valence-electron chi connectivity index (χ4n) is 3.15. The largest absolute Gasteiger partial charge is 0.343 e. The van der Waals surface area contributed by atoms with Crippen molar-refractivity contribution < 1.29 is 9.59 Å². The van der Waals surface area contributed by atoms with Crippen molar-refractivity contribution in [2.45, 2.75) is 56.2 Å². The summed E-state index contributed by atoms with van der Waals surface area (Å²) in [7, 11) is 0. The average Bonchev–Trinajstić information content (AvgIpc) is 2.43. The maximum absolute atomic E-state index is 12.3. The van der Waals surface area contributed by atoms with Crippen LogP contribution in [0.1, 0.15) is 45.4 Å². The maximum Gasteiger partial charge on any atom is 0.245 e. The van der Waals surface area contributed by atoms with Crippen LogP contribution in [0.25, 0.3) is 0 Å². The summed E-state index contributed by atoms with van der Waals surface area (Å²) in [6.07, 6.45) is 8.92. The van der Waals surface area contributed by atoms with Crippen LogP contribution in [0.4, 0.5) is 0 Å². The number of carbonyl (C=O) groups is 2. The Kier molecular flexibility index (Phi) is 4.76. The highest BCUT2D eigenvalue weighted by molar-refractivity contribution is 8.00. The number of hydrogen-bond donors (Lipinski definition) is 1. The smallest absolute Gasteiger partial charge is 0.245 e. The van der Waals surface area contributed by atoms with E-state index in [9.17, 15) is 9.59 Å². The van der Waals surface area contributed by atoms with Gasteiger partial charge >= 0.3 is 0 Å². The highest BCUT2D eigenvalue weighted by Gasteiger charge is 2.38. The van der Waals surface area contributed by atoms with Gasteiger partial charge in [-0.2, -0.15) is 11.8 Å². The van der Waals surface area contributed by atoms with Gasteiger partial charge in [0.05, 0.1) is 6.54 Å². The standard InChI is InChI=1S/C14H24N2O2S/c1-3-11-13(18)16(9-12(17)15-11)10-14(19-2)7-5-4-6-8-14/h11H,3-10H2,1-2H3,(H,15,17). The Balaban J connectivity index is 2.07. The molecule has 0 bridgehead atoms. The Morgan fingerprint density at radius 2 is 2.00 bits per heavy atom. The molecule has 1 atom stereocenters. The lowest BCUT2D eigenvalue weighted by molar-refractivity contribution is -0.144. The minimum Gasteiger partial charge on any atom is -0.343 e. The molecule has 1 N–H and O–H groups in total. The van der Waals surface area contributed by atoms with E-state index in [1.165, 1.54) is 19.3 Å². The van der Waals surface area contributed by atoms with Crippen molar-refractivity contribution in [2.75, 3.05) is 19.3 Å². The van der Waals surface area contributed by atoms with E-state index >= 15 is 0 Å². The molecule has 2 fully saturated rings. The van der Waals surface area contributed by atoms with Crippen LogP contribution in [-0.4, -0.2) is 46.8 Å². The lowest BCUT2D eigenvalue weighted by Crippen LogP contribution is -2.60. The van der Waals surface area contributed by atoms with Crippen LogP contribution < -0.4 is 5.32 Å². The summed E-state index contributed by atoms with van der Waals surface area (Å²) in [4.78, 5) is 25.8. The number of carbonyl (C=O) groups excluding carboxylic acids is 2. The number of piperazine rings is 1. The lowest BCUT2D eigenvalue weighted by Gasteiger charge is -2.42. The second-order valence-corrected chi connectivity index (χ2v) is 6.94. The Morgan fingerprint density at radius 3 is 2.58 bits per heavy atom. The maximum atomic E-state index is 12.3. The monoisotopic (exact) mass is 284 g/mol. The Bertz CT molecular complexity index is 353. The van der Waals surface area contributed by atoms with E-state index in [0.29, 0.717) is 6.42 Å². The van der Waals surface area contributed by atoms with E-state index in [1.807, 2.05) is 18.7 Å². The first-order valence-corrected chi connectivity index (χ1v) is 8.46. The van der Waals surface area contributed by atoms with E-state index in [1.54, 1.807) is 4.90 Å². The van der Waals surface area contributed by atoms with E-state index in [0.717, 1.165) is 19.4 Å². The summed E-state index contributed by atoms with van der Waals surface area (Å²) in [5.74, 6) is 0.0830. The van der Waals surface area contributed by atoms with Gasteiger partial charge < -0.3 is 10.2 Å². The molecule has 2 amide bonds. The Hall–Kier alpha value is -0.710. The molecule has 4 nitrogen and oxygen atoms in total. The van der Waals surface area contributed by atoms with E-state index in [2.05, 4.69) is 11.6 Å². The van der Waals surface area contributed by atoms with Crippen LogP contribution in [0.2, 0.25) is 0 Å². The summed E-state index contributed by atoms with van der Waals surface area (Å²) in [5, 5.41) is 2.78. The summed E-state index contributed by atoms with van der Waals surface area (Å²) in [6.45, 7) is 2.91. The molecule has 19 heavy (non-hydrogen) atoms. The van der Waals surface area contributed by atoms with Crippen LogP contribution >= 0.6 is 11.8 Å². The molecule has 108 valence electrons. The van der Waals surface area contributed by atoms with Gasteiger partial charge in [-0.3, -0.25) is 9.59 Å². The molecule has 1 heterocycles. The van der Waals surface area contributed by atoms with Gasteiger partial charge in [0, 0.05) is 11.3 Å². The van der Waals surface area contributed by atoms with Gasteiger partial charge in [-0.1, -0.05) is 26.2 Å². The molecule has 0 spiro atoms. The van der Waals surface area contributed by atoms with Crippen LogP contribution in [0.5, 0.6) is 0 Å². The Labute approximate surface area is 119 Å². The number of amides is 2. The Morgan fingerprint density at radius 1 is 1.32 bits per heavy atom. The van der Waals surface area contributed by atoms with Crippen LogP contribution in [0.15, 0.2) is 0 Å². The predicted octanol–water partition coefficient (Wildman–Crippen LogP) is 1.79. The normalized spacial score (nSPS) is 27.3. The SMILES string of the molecule is CCC1NC(=O)CN(CC2(SC)CCCCC2)C1=O. The van der Waals surface area contributed by atoms with Crippen molar-refractivity contribution in [1.82, 2.24) is 10.2 Å². The van der Waals surface area contributed by atoms with E-state index in [-0.39, 0.29) is 29.1 Å². The van der Waals surface area contributed by atoms with Gasteiger partial charge in [0.1, 0.15) is 6.04 Å². The zero-order chi connectivity index (χ0) is 13.9. The van der Waals surface area contributed by atoms with Crippen LogP contribution in [-0.2, 0) is 9.59 Å². The first-order valence-electron chi connectivity index (χ1n) is 7.23. The summed E-state index contributed by atoms with van der Waals surface area (Å²) >= 11 is 1.87. The third-order valence-corrected chi connectivity index (χ3v) is 5.77. The lowest BCUT2D eigenvalue weighted by atomic mass is 9.87. The molecule has 0 aromatic heterocycles. The molecule has 0 radical (unpaired) electrons. The molecule has 1 aliphatic carbocycles. The fourth-order valence-corrected chi connectivity index (χ4v) is 4.14. The van der Waals surface area contributed by atoms with Gasteiger partial charge in [0.25, 0.3) is 0 Å². The number of thioether (sulfide) groups is 1. The number of nitrogens with zero attached hydrogens (tertiary/aromatic N) is 1. The number of nitrogens with one attached hydrogen (secondary N) is 1. The highest BCUT2D eigenvalue weighted by atomic mass is 32.2. The first kappa shape index (κ1) is 14.7. The molecule has 0 aromatic carbocycles. The van der Waals surface area contributed by atoms with Gasteiger partial charge in [-0.25, -0.2) is 0 Å². The summed E-state index contributed by atoms with van der Waals surface area (Å²) in [5.41, 5.74) is 0. The summed E-state index contributed by atoms with van der Waals surface area (Å²) in [6, 6.07) is -0.316. The summed E-state index contributed by atoms with van der Waals surface area (Å²) < 4.78 is 0.170. The van der Waals surface area contributed by atoms with Gasteiger partial charge in [-0.05, 0) is 25.5 Å². The number of rotatable bonds is 4. The third-order valence-electron chi connectivity index (χ3n) is 4.36. The second kappa shape index (κ2) is 6.16. The van der Waals surface area contributed by atoms with Crippen LogP contribution in [0.3, 0.4) is 0 Å². The van der Waals surface area contributed by atoms with Crippen molar-refractivity contribution in [3.05, 3.63) is 0 Å². The van der Waals surface area contributed by atoms with E-state index in [4.69, 9.17) is 0 Å². The third kappa shape index (κ3) is 3.25. The fraction of sp³-hybridized carbons (Fsp3) is 0.857. The van der Waals surface area contributed by atoms with Crippen molar-refractivity contribution in [1.29, 1.82) is 0 Å². The van der Waals surface area contributed by atoms with Crippen LogP contribution in [0, 0.1) is 0 Å². The van der Waals surface area contributed by atoms with Crippen molar-refractivity contribution >= 4 is 23.6 Å². The number of hydrogen-bond acceptors (Lipinski definition) is 3. The topological polar surface area (TPSA) is 49.4 Å². The molecule has 0 aromatic rings. The minimum absolute atomic E-state index is 0.0153. The zero-order valence-corrected chi connectivity index (χ0v) is 12.7. The molecule has 1 unspecified atom stereocenters. The molecule has 2 aliphatic rings. The molecule has 1 saturated heterocycles. The van der Waals surface area contributed by atoms with Gasteiger partial charge in [0.2, 0.25) is 11.8 Å². The minimum atomic E-state index is -0.316. The molecular formula is C14H24N2O2S. The van der Waals surface area contributed by atoms with Crippen molar-refractivity contribution in [3.8, 4) is 0 Å². The molecular weight excluding hydrogens is 260 g/mol. The second-order valence-electron chi connectivity index (χ2n) is 5.67. The predicted molar refractivity (Wildman–Crippen MR) is 78.1 cm³/mol. The van der Waals surface area contributed by atoms with Gasteiger partial charge in [0.15, 0.2) is 0 Å². The molecule has 1 aliphatic heterocycles. The highest BCUT2D eigenvalue weighted by Crippen LogP contribution is 2.39. The quantitative estimate of drug-likeness (QED) is 0.856. The zero-order valence-electron chi connectivity index (χ0n) is 11.9. The molecule has 1 saturated carbocycles. The van der Waals surface area contributed by atoms with Crippen molar-refractivity contribution in [2.24, 2.45) is 0 Å². The molecule has 2 rings (SSSR count). The van der Waals surface area contributed by atoms with Gasteiger partial charge in [-0.15, -0.1) is 0 Å².